The molecule has 1 aliphatic rings. The number of benzene rings is 2. The molecule has 2 amide bonds. The molecule has 1 atom stereocenters. The summed E-state index contributed by atoms with van der Waals surface area (Å²) in [7, 11) is -3.74. The lowest BCUT2D eigenvalue weighted by atomic mass is 10.0. The van der Waals surface area contributed by atoms with Gasteiger partial charge in [0.05, 0.1) is 15.8 Å². The number of anilines is 2. The van der Waals surface area contributed by atoms with Gasteiger partial charge in [-0.05, 0) is 57.0 Å². The Morgan fingerprint density at radius 1 is 1.17 bits per heavy atom. The van der Waals surface area contributed by atoms with Gasteiger partial charge in [0.1, 0.15) is 0 Å². The summed E-state index contributed by atoms with van der Waals surface area (Å²) in [5.74, 6) is 0.172. The highest BCUT2D eigenvalue weighted by Crippen LogP contribution is 2.33. The van der Waals surface area contributed by atoms with Crippen molar-refractivity contribution in [2.45, 2.75) is 55.6 Å². The Morgan fingerprint density at radius 3 is 2.50 bits per heavy atom. The van der Waals surface area contributed by atoms with Crippen molar-refractivity contribution in [3.05, 3.63) is 47.0 Å². The van der Waals surface area contributed by atoms with Crippen LogP contribution in [-0.2, 0) is 19.4 Å². The van der Waals surface area contributed by atoms with Crippen molar-refractivity contribution in [1.82, 2.24) is 0 Å². The van der Waals surface area contributed by atoms with E-state index in [0.717, 1.165) is 27.3 Å². The second-order valence-electron chi connectivity index (χ2n) is 7.69. The summed E-state index contributed by atoms with van der Waals surface area (Å²) in [4.78, 5) is 25.3. The number of aryl methyl sites for hydroxylation is 3. The lowest BCUT2D eigenvalue weighted by Crippen LogP contribution is -2.25. The molecule has 0 saturated carbocycles. The normalized spacial score (nSPS) is 15.0. The van der Waals surface area contributed by atoms with Gasteiger partial charge in [-0.2, -0.15) is 0 Å². The van der Waals surface area contributed by atoms with E-state index in [1.165, 1.54) is 24.8 Å². The molecule has 160 valence electrons. The van der Waals surface area contributed by atoms with Gasteiger partial charge < -0.3 is 10.6 Å². The van der Waals surface area contributed by atoms with Crippen molar-refractivity contribution in [3.63, 3.8) is 0 Å². The lowest BCUT2D eigenvalue weighted by Gasteiger charge is -2.17. The van der Waals surface area contributed by atoms with Gasteiger partial charge in [0, 0.05) is 29.2 Å². The highest BCUT2D eigenvalue weighted by atomic mass is 32.2. The topological polar surface area (TPSA) is 92.3 Å². The second-order valence-corrected chi connectivity index (χ2v) is 11.2. The number of carbonyl (C=O) groups is 2. The number of hydrogen-bond donors (Lipinski definition) is 2. The zero-order valence-corrected chi connectivity index (χ0v) is 19.2. The summed E-state index contributed by atoms with van der Waals surface area (Å²) in [6, 6.07) is 8.70. The fourth-order valence-electron chi connectivity index (χ4n) is 3.55. The van der Waals surface area contributed by atoms with E-state index in [1.54, 1.807) is 12.1 Å². The molecule has 3 rings (SSSR count). The van der Waals surface area contributed by atoms with Crippen LogP contribution in [0.2, 0.25) is 0 Å². The molecule has 0 aromatic heterocycles. The third-order valence-electron chi connectivity index (χ3n) is 5.08. The number of nitrogens with one attached hydrogen (secondary N) is 2. The quantitative estimate of drug-likeness (QED) is 0.717. The zero-order chi connectivity index (χ0) is 22.1. The first-order valence-electron chi connectivity index (χ1n) is 9.76. The molecule has 2 aromatic rings. The van der Waals surface area contributed by atoms with Crippen LogP contribution in [0.15, 0.2) is 40.1 Å². The first-order valence-corrected chi connectivity index (χ1v) is 12.3. The van der Waals surface area contributed by atoms with Gasteiger partial charge in [-0.15, -0.1) is 11.8 Å². The predicted octanol–water partition coefficient (Wildman–Crippen LogP) is 4.24. The van der Waals surface area contributed by atoms with Gasteiger partial charge in [0.25, 0.3) is 0 Å². The summed E-state index contributed by atoms with van der Waals surface area (Å²) in [6.45, 7) is 7.35. The Morgan fingerprint density at radius 2 is 1.83 bits per heavy atom. The number of fused-ring (bicyclic) bond motifs is 1. The van der Waals surface area contributed by atoms with Crippen molar-refractivity contribution < 1.29 is 18.0 Å². The number of hydrogen-bond acceptors (Lipinski definition) is 5. The number of sulfone groups is 1. The van der Waals surface area contributed by atoms with Gasteiger partial charge in [-0.25, -0.2) is 8.42 Å². The minimum atomic E-state index is -3.74. The summed E-state index contributed by atoms with van der Waals surface area (Å²) < 4.78 is 26.1. The lowest BCUT2D eigenvalue weighted by molar-refractivity contribution is -0.116. The Hall–Kier alpha value is -2.32. The average molecular weight is 447 g/mol. The number of amides is 2. The molecular formula is C22H26N2O4S2. The molecular weight excluding hydrogens is 420 g/mol. The van der Waals surface area contributed by atoms with E-state index in [1.807, 2.05) is 32.9 Å². The molecule has 0 radical (unpaired) electrons. The fourth-order valence-corrected chi connectivity index (χ4v) is 5.86. The molecule has 2 aromatic carbocycles. The summed E-state index contributed by atoms with van der Waals surface area (Å²) in [5.41, 5.74) is 4.21. The van der Waals surface area contributed by atoms with Gasteiger partial charge in [-0.1, -0.05) is 17.7 Å². The first-order chi connectivity index (χ1) is 14.1. The van der Waals surface area contributed by atoms with E-state index < -0.39 is 15.1 Å². The highest BCUT2D eigenvalue weighted by molar-refractivity contribution is 7.99. The van der Waals surface area contributed by atoms with Crippen molar-refractivity contribution in [3.8, 4) is 0 Å². The van der Waals surface area contributed by atoms with Gasteiger partial charge >= 0.3 is 0 Å². The van der Waals surface area contributed by atoms with E-state index in [4.69, 9.17) is 0 Å². The van der Waals surface area contributed by atoms with E-state index in [9.17, 15) is 18.0 Å². The fraction of sp³-hybridized carbons (Fsp3) is 0.364. The third kappa shape index (κ3) is 4.87. The van der Waals surface area contributed by atoms with E-state index >= 15 is 0 Å². The smallest absolute Gasteiger partial charge is 0.225 e. The maximum Gasteiger partial charge on any atom is 0.225 e. The van der Waals surface area contributed by atoms with Gasteiger partial charge in [-0.3, -0.25) is 9.59 Å². The van der Waals surface area contributed by atoms with E-state index in [0.29, 0.717) is 17.9 Å². The van der Waals surface area contributed by atoms with Crippen LogP contribution in [0.3, 0.4) is 0 Å². The molecule has 0 fully saturated rings. The number of rotatable bonds is 5. The molecule has 30 heavy (non-hydrogen) atoms. The van der Waals surface area contributed by atoms with Crippen molar-refractivity contribution >= 4 is 44.8 Å². The molecule has 0 unspecified atom stereocenters. The molecule has 2 N–H and O–H groups in total. The number of carbonyl (C=O) groups excluding carboxylic acids is 2. The largest absolute Gasteiger partial charge is 0.326 e. The Bertz CT molecular complexity index is 1090. The Kier molecular flexibility index (Phi) is 6.57. The zero-order valence-electron chi connectivity index (χ0n) is 17.5. The average Bonchev–Trinajstić information content (AvgIpc) is 2.84. The minimum absolute atomic E-state index is 0.104. The highest BCUT2D eigenvalue weighted by Gasteiger charge is 2.27. The summed E-state index contributed by atoms with van der Waals surface area (Å²) in [5, 5.41) is 4.71. The first kappa shape index (κ1) is 22.4. The van der Waals surface area contributed by atoms with Crippen LogP contribution in [0, 0.1) is 20.8 Å². The minimum Gasteiger partial charge on any atom is -0.326 e. The van der Waals surface area contributed by atoms with Crippen LogP contribution in [0.5, 0.6) is 0 Å². The molecule has 0 aliphatic carbocycles. The van der Waals surface area contributed by atoms with Gasteiger partial charge in [0.15, 0.2) is 9.84 Å². The standard InChI is InChI=1S/C22H26N2O4S2/c1-13-9-14(2)22(15(3)10-13)24-21(26)11-16(4)30(27,28)17-5-6-19-18(12-17)23-20(25)7-8-29-19/h5-6,9-10,12,16H,7-8,11H2,1-4H3,(H,23,25)(H,24,26)/t16-/m0/s1. The monoisotopic (exact) mass is 446 g/mol. The van der Waals surface area contributed by atoms with Crippen LogP contribution in [0.1, 0.15) is 36.5 Å². The SMILES string of the molecule is Cc1cc(C)c(NC(=O)C[C@H](C)S(=O)(=O)c2ccc3c(c2)NC(=O)CCS3)c(C)c1. The molecule has 0 bridgehead atoms. The van der Waals surface area contributed by atoms with Crippen LogP contribution in [0.25, 0.3) is 0 Å². The van der Waals surface area contributed by atoms with E-state index in [-0.39, 0.29) is 23.1 Å². The molecule has 6 nitrogen and oxygen atoms in total. The van der Waals surface area contributed by atoms with Crippen LogP contribution in [-0.4, -0.2) is 31.2 Å². The Labute approximate surface area is 181 Å². The maximum atomic E-state index is 13.1. The van der Waals surface area contributed by atoms with Crippen molar-refractivity contribution in [2.75, 3.05) is 16.4 Å². The number of thioether (sulfide) groups is 1. The molecule has 0 saturated heterocycles. The Balaban J connectivity index is 1.77. The van der Waals surface area contributed by atoms with Crippen LogP contribution in [0.4, 0.5) is 11.4 Å². The molecule has 1 heterocycles. The molecule has 1 aliphatic heterocycles. The second kappa shape index (κ2) is 8.81. The third-order valence-corrected chi connectivity index (χ3v) is 8.30. The van der Waals surface area contributed by atoms with E-state index in [2.05, 4.69) is 10.6 Å². The summed E-state index contributed by atoms with van der Waals surface area (Å²) in [6.07, 6.45) is 0.225. The van der Waals surface area contributed by atoms with Crippen molar-refractivity contribution in [2.24, 2.45) is 0 Å². The van der Waals surface area contributed by atoms with Crippen LogP contribution >= 0.6 is 11.8 Å². The molecule has 0 spiro atoms. The van der Waals surface area contributed by atoms with Crippen LogP contribution < -0.4 is 10.6 Å². The maximum absolute atomic E-state index is 13.1. The summed E-state index contributed by atoms with van der Waals surface area (Å²) >= 11 is 1.51. The van der Waals surface area contributed by atoms with Gasteiger partial charge in [0.2, 0.25) is 11.8 Å². The van der Waals surface area contributed by atoms with Crippen molar-refractivity contribution in [1.29, 1.82) is 0 Å². The predicted molar refractivity (Wildman–Crippen MR) is 121 cm³/mol. The molecule has 8 heteroatoms.